The number of fused-ring (bicyclic) bond motifs is 1. The van der Waals surface area contributed by atoms with Gasteiger partial charge >= 0.3 is 0 Å². The Morgan fingerprint density at radius 1 is 1.25 bits per heavy atom. The van der Waals surface area contributed by atoms with Crippen molar-refractivity contribution in [1.82, 2.24) is 9.78 Å². The lowest BCUT2D eigenvalue weighted by Crippen LogP contribution is -2.24. The van der Waals surface area contributed by atoms with Gasteiger partial charge in [-0.3, -0.25) is 9.48 Å². The van der Waals surface area contributed by atoms with E-state index in [2.05, 4.69) is 10.4 Å². The number of hydrogen-bond acceptors (Lipinski definition) is 4. The lowest BCUT2D eigenvalue weighted by atomic mass is 9.85. The fourth-order valence-electron chi connectivity index (χ4n) is 3.36. The SMILES string of the molecule is NS(=O)(=O)c1cccc(NC(=O)c2c3c(F)cccc3nn2CC2CCC2)c1. The van der Waals surface area contributed by atoms with E-state index >= 15 is 0 Å². The molecule has 0 saturated heterocycles. The van der Waals surface area contributed by atoms with Gasteiger partial charge in [0.1, 0.15) is 11.5 Å². The van der Waals surface area contributed by atoms with E-state index in [9.17, 15) is 17.6 Å². The monoisotopic (exact) mass is 402 g/mol. The highest BCUT2D eigenvalue weighted by molar-refractivity contribution is 7.89. The predicted molar refractivity (Wildman–Crippen MR) is 103 cm³/mol. The molecule has 0 radical (unpaired) electrons. The number of nitrogens with one attached hydrogen (secondary N) is 1. The van der Waals surface area contributed by atoms with Crippen LogP contribution < -0.4 is 10.5 Å². The fourth-order valence-corrected chi connectivity index (χ4v) is 3.92. The number of aromatic nitrogens is 2. The first-order valence-electron chi connectivity index (χ1n) is 8.92. The topological polar surface area (TPSA) is 107 Å². The van der Waals surface area contributed by atoms with E-state index in [-0.39, 0.29) is 21.7 Å². The Labute approximate surface area is 161 Å². The van der Waals surface area contributed by atoms with Crippen LogP contribution in [0.4, 0.5) is 10.1 Å². The van der Waals surface area contributed by atoms with Gasteiger partial charge in [0.2, 0.25) is 10.0 Å². The first kappa shape index (κ1) is 18.6. The van der Waals surface area contributed by atoms with Crippen LogP contribution in [0.25, 0.3) is 10.9 Å². The lowest BCUT2D eigenvalue weighted by molar-refractivity contribution is 0.101. The molecule has 146 valence electrons. The summed E-state index contributed by atoms with van der Waals surface area (Å²) < 4.78 is 39.1. The molecule has 9 heteroatoms. The van der Waals surface area contributed by atoms with Crippen LogP contribution in [0.5, 0.6) is 0 Å². The third-order valence-corrected chi connectivity index (χ3v) is 5.92. The maximum absolute atomic E-state index is 14.5. The van der Waals surface area contributed by atoms with Crippen molar-refractivity contribution in [3.8, 4) is 0 Å². The molecular weight excluding hydrogens is 383 g/mol. The van der Waals surface area contributed by atoms with Crippen LogP contribution >= 0.6 is 0 Å². The van der Waals surface area contributed by atoms with E-state index in [1.54, 1.807) is 16.8 Å². The lowest BCUT2D eigenvalue weighted by Gasteiger charge is -2.25. The van der Waals surface area contributed by atoms with Crippen LogP contribution in [-0.4, -0.2) is 24.1 Å². The van der Waals surface area contributed by atoms with E-state index in [1.807, 2.05) is 0 Å². The van der Waals surface area contributed by atoms with Gasteiger partial charge in [0.05, 0.1) is 15.8 Å². The molecule has 0 bridgehead atoms. The van der Waals surface area contributed by atoms with Gasteiger partial charge in [-0.1, -0.05) is 18.6 Å². The minimum Gasteiger partial charge on any atom is -0.321 e. The highest BCUT2D eigenvalue weighted by atomic mass is 32.2. The summed E-state index contributed by atoms with van der Waals surface area (Å²) in [6, 6.07) is 10.1. The van der Waals surface area contributed by atoms with Crippen LogP contribution in [0.2, 0.25) is 0 Å². The Morgan fingerprint density at radius 3 is 2.68 bits per heavy atom. The molecule has 3 N–H and O–H groups in total. The smallest absolute Gasteiger partial charge is 0.274 e. The summed E-state index contributed by atoms with van der Waals surface area (Å²) in [6.45, 7) is 0.536. The molecule has 7 nitrogen and oxygen atoms in total. The highest BCUT2D eigenvalue weighted by Gasteiger charge is 2.25. The Morgan fingerprint density at radius 2 is 2.00 bits per heavy atom. The van der Waals surface area contributed by atoms with E-state index in [1.165, 1.54) is 30.3 Å². The number of carbonyl (C=O) groups excluding carboxylic acids is 1. The maximum atomic E-state index is 14.5. The number of carbonyl (C=O) groups is 1. The number of nitrogens with zero attached hydrogens (tertiary/aromatic N) is 2. The number of benzene rings is 2. The van der Waals surface area contributed by atoms with Crippen molar-refractivity contribution >= 4 is 32.5 Å². The van der Waals surface area contributed by atoms with Crippen LogP contribution in [0.1, 0.15) is 29.8 Å². The van der Waals surface area contributed by atoms with Crippen molar-refractivity contribution in [3.63, 3.8) is 0 Å². The van der Waals surface area contributed by atoms with E-state index in [0.717, 1.165) is 19.3 Å². The van der Waals surface area contributed by atoms with Gasteiger partial charge < -0.3 is 5.32 Å². The standard InChI is InChI=1S/C19H19FN4O3S/c20-15-8-3-9-16-17(15)18(24(23-16)11-12-4-1-5-12)19(25)22-13-6-2-7-14(10-13)28(21,26)27/h2-3,6-10,12H,1,4-5,11H2,(H,22,25)(H2,21,26,27). The predicted octanol–water partition coefficient (Wildman–Crippen LogP) is 2.88. The molecule has 0 aliphatic heterocycles. The van der Waals surface area contributed by atoms with Gasteiger partial charge in [0, 0.05) is 12.2 Å². The average molecular weight is 402 g/mol. The molecule has 1 aliphatic carbocycles. The second-order valence-corrected chi connectivity index (χ2v) is 8.55. The molecule has 1 aliphatic rings. The molecule has 1 aromatic heterocycles. The minimum absolute atomic E-state index is 0.121. The normalized spacial score (nSPS) is 14.8. The van der Waals surface area contributed by atoms with Crippen molar-refractivity contribution in [1.29, 1.82) is 0 Å². The molecule has 0 atom stereocenters. The van der Waals surface area contributed by atoms with Gasteiger partial charge in [0.15, 0.2) is 0 Å². The first-order chi connectivity index (χ1) is 13.3. The van der Waals surface area contributed by atoms with Gasteiger partial charge in [-0.05, 0) is 49.1 Å². The fraction of sp³-hybridized carbons (Fsp3) is 0.263. The summed E-state index contributed by atoms with van der Waals surface area (Å²) in [6.07, 6.45) is 3.24. The molecule has 3 aromatic rings. The number of halogens is 1. The Kier molecular flexibility index (Phi) is 4.64. The van der Waals surface area contributed by atoms with Gasteiger partial charge in [-0.15, -0.1) is 0 Å². The number of primary sulfonamides is 1. The van der Waals surface area contributed by atoms with Crippen molar-refractivity contribution < 1.29 is 17.6 Å². The summed E-state index contributed by atoms with van der Waals surface area (Å²) in [5, 5.41) is 12.4. The molecular formula is C19H19FN4O3S. The Balaban J connectivity index is 1.73. The zero-order valence-electron chi connectivity index (χ0n) is 14.9. The van der Waals surface area contributed by atoms with E-state index in [0.29, 0.717) is 18.0 Å². The highest BCUT2D eigenvalue weighted by Crippen LogP contribution is 2.30. The third-order valence-electron chi connectivity index (χ3n) is 5.01. The molecule has 1 fully saturated rings. The van der Waals surface area contributed by atoms with Crippen LogP contribution in [0, 0.1) is 11.7 Å². The zero-order chi connectivity index (χ0) is 19.9. The summed E-state index contributed by atoms with van der Waals surface area (Å²) in [5.41, 5.74) is 0.779. The van der Waals surface area contributed by atoms with Crippen molar-refractivity contribution in [3.05, 3.63) is 54.0 Å². The first-order valence-corrected chi connectivity index (χ1v) is 10.5. The Hall–Kier alpha value is -2.78. The van der Waals surface area contributed by atoms with Crippen molar-refractivity contribution in [2.45, 2.75) is 30.7 Å². The summed E-state index contributed by atoms with van der Waals surface area (Å²) in [5.74, 6) is -0.672. The number of nitrogens with two attached hydrogens (primary N) is 1. The van der Waals surface area contributed by atoms with Crippen LogP contribution in [0.15, 0.2) is 47.4 Å². The largest absolute Gasteiger partial charge is 0.321 e. The van der Waals surface area contributed by atoms with Gasteiger partial charge in [0.25, 0.3) is 5.91 Å². The molecule has 1 heterocycles. The molecule has 28 heavy (non-hydrogen) atoms. The molecule has 1 saturated carbocycles. The molecule has 2 aromatic carbocycles. The quantitative estimate of drug-likeness (QED) is 0.684. The second-order valence-electron chi connectivity index (χ2n) is 6.99. The molecule has 0 unspecified atom stereocenters. The van der Waals surface area contributed by atoms with E-state index < -0.39 is 21.7 Å². The molecule has 0 spiro atoms. The second kappa shape index (κ2) is 6.99. The minimum atomic E-state index is -3.91. The molecule has 1 amide bonds. The number of hydrogen-bond donors (Lipinski definition) is 2. The van der Waals surface area contributed by atoms with Crippen LogP contribution in [0.3, 0.4) is 0 Å². The van der Waals surface area contributed by atoms with Crippen molar-refractivity contribution in [2.75, 3.05) is 5.32 Å². The number of sulfonamides is 1. The summed E-state index contributed by atoms with van der Waals surface area (Å²) in [4.78, 5) is 12.9. The van der Waals surface area contributed by atoms with Gasteiger partial charge in [-0.25, -0.2) is 17.9 Å². The molecule has 4 rings (SSSR count). The van der Waals surface area contributed by atoms with Crippen molar-refractivity contribution in [2.24, 2.45) is 11.1 Å². The van der Waals surface area contributed by atoms with Gasteiger partial charge in [-0.2, -0.15) is 5.10 Å². The number of anilines is 1. The number of amides is 1. The average Bonchev–Trinajstić information content (AvgIpc) is 2.97. The van der Waals surface area contributed by atoms with Crippen LogP contribution in [-0.2, 0) is 16.6 Å². The third kappa shape index (κ3) is 3.50. The number of rotatable bonds is 5. The van der Waals surface area contributed by atoms with E-state index in [4.69, 9.17) is 5.14 Å². The maximum Gasteiger partial charge on any atom is 0.274 e. The zero-order valence-corrected chi connectivity index (χ0v) is 15.7. The summed E-state index contributed by atoms with van der Waals surface area (Å²) in [7, 11) is -3.91. The summed E-state index contributed by atoms with van der Waals surface area (Å²) >= 11 is 0. The Bertz CT molecular complexity index is 1170.